The van der Waals surface area contributed by atoms with Crippen molar-refractivity contribution in [2.45, 2.75) is 5.16 Å². The van der Waals surface area contributed by atoms with E-state index in [0.29, 0.717) is 20.9 Å². The Kier molecular flexibility index (Phi) is 11.6. The molecule has 2 aliphatic rings. The smallest absolute Gasteiger partial charge is 0.270 e. The summed E-state index contributed by atoms with van der Waals surface area (Å²) >= 11 is 2.64. The first-order chi connectivity index (χ1) is 24.9. The Balaban J connectivity index is 0.000000143. The summed E-state index contributed by atoms with van der Waals surface area (Å²) in [6.45, 7) is 8.78. The van der Waals surface area contributed by atoms with Crippen molar-refractivity contribution in [3.8, 4) is 0 Å². The largest absolute Gasteiger partial charge is 0.399 e. The highest BCUT2D eigenvalue weighted by Crippen LogP contribution is 2.22. The van der Waals surface area contributed by atoms with Gasteiger partial charge in [0, 0.05) is 81.4 Å². The van der Waals surface area contributed by atoms with Gasteiger partial charge in [0.1, 0.15) is 9.40 Å². The number of nitrogens with zero attached hydrogens (tertiary/aromatic N) is 6. The fourth-order valence-electron chi connectivity index (χ4n) is 5.67. The van der Waals surface area contributed by atoms with Crippen molar-refractivity contribution in [1.29, 1.82) is 0 Å². The highest BCUT2D eigenvalue weighted by Gasteiger charge is 2.16. The maximum atomic E-state index is 12.0. The van der Waals surface area contributed by atoms with Crippen molar-refractivity contribution >= 4 is 81.6 Å². The average Bonchev–Trinajstić information content (AvgIpc) is 3.81. The zero-order chi connectivity index (χ0) is 36.8. The van der Waals surface area contributed by atoms with E-state index < -0.39 is 15.4 Å². The molecule has 0 amide bonds. The number of fused-ring (bicyclic) bond motifs is 2. The molecule has 0 saturated carbocycles. The summed E-state index contributed by atoms with van der Waals surface area (Å²) in [6, 6.07) is 19.9. The zero-order valence-corrected chi connectivity index (χ0v) is 31.7. The summed E-state index contributed by atoms with van der Waals surface area (Å²) in [6.07, 6.45) is 1.00. The van der Waals surface area contributed by atoms with Crippen LogP contribution in [0.4, 0.5) is 28.7 Å². The molecular formula is C35H42N10O4S3. The number of thiophene rings is 2. The first-order valence-electron chi connectivity index (χ1n) is 16.7. The van der Waals surface area contributed by atoms with Crippen LogP contribution >= 0.6 is 22.7 Å². The van der Waals surface area contributed by atoms with Gasteiger partial charge in [0.05, 0.1) is 11.0 Å². The Morgan fingerprint density at radius 3 is 1.63 bits per heavy atom. The van der Waals surface area contributed by atoms with Gasteiger partial charge in [-0.2, -0.15) is 0 Å². The zero-order valence-electron chi connectivity index (χ0n) is 29.2. The molecule has 6 aromatic rings. The molecule has 0 spiro atoms. The topological polar surface area (TPSA) is 177 Å². The fourth-order valence-corrected chi connectivity index (χ4v) is 7.66. The Labute approximate surface area is 309 Å². The van der Waals surface area contributed by atoms with E-state index in [9.17, 15) is 18.0 Å². The normalized spacial score (nSPS) is 15.5. The van der Waals surface area contributed by atoms with E-state index in [1.165, 1.54) is 34.0 Å². The average molecular weight is 763 g/mol. The highest BCUT2D eigenvalue weighted by molar-refractivity contribution is 7.90. The molecular weight excluding hydrogens is 721 g/mol. The molecule has 8 rings (SSSR count). The van der Waals surface area contributed by atoms with Crippen molar-refractivity contribution in [3.05, 3.63) is 92.1 Å². The summed E-state index contributed by atoms with van der Waals surface area (Å²) in [5, 5.41) is 6.46. The number of likely N-dealkylation sites (N-methyl/N-ethyl adjacent to an activating group) is 2. The molecule has 2 saturated heterocycles. The first kappa shape index (κ1) is 37.0. The molecule has 0 aliphatic carbocycles. The molecule has 0 unspecified atom stereocenters. The van der Waals surface area contributed by atoms with E-state index >= 15 is 0 Å². The monoisotopic (exact) mass is 762 g/mol. The van der Waals surface area contributed by atoms with Crippen LogP contribution in [0.15, 0.2) is 86.2 Å². The molecule has 2 aliphatic heterocycles. The van der Waals surface area contributed by atoms with Gasteiger partial charge in [0.25, 0.3) is 11.1 Å². The number of hydrogen-bond acceptors (Lipinski definition) is 14. The Morgan fingerprint density at radius 2 is 1.13 bits per heavy atom. The highest BCUT2D eigenvalue weighted by atomic mass is 32.2. The molecule has 274 valence electrons. The lowest BCUT2D eigenvalue weighted by molar-refractivity contribution is 0.313. The van der Waals surface area contributed by atoms with Gasteiger partial charge >= 0.3 is 0 Å². The van der Waals surface area contributed by atoms with Crippen LogP contribution in [0.2, 0.25) is 0 Å². The van der Waals surface area contributed by atoms with Gasteiger partial charge in [-0.15, -0.1) is 22.7 Å². The van der Waals surface area contributed by atoms with Crippen LogP contribution < -0.4 is 32.0 Å². The number of rotatable bonds is 5. The van der Waals surface area contributed by atoms with Crippen LogP contribution in [0.25, 0.3) is 20.4 Å². The number of sulfone groups is 1. The van der Waals surface area contributed by atoms with Gasteiger partial charge in [0.15, 0.2) is 0 Å². The maximum Gasteiger partial charge on any atom is 0.270 e. The molecule has 0 radical (unpaired) electrons. The Morgan fingerprint density at radius 1 is 0.673 bits per heavy atom. The van der Waals surface area contributed by atoms with Crippen molar-refractivity contribution in [3.63, 3.8) is 0 Å². The van der Waals surface area contributed by atoms with Crippen LogP contribution in [0.1, 0.15) is 0 Å². The third kappa shape index (κ3) is 9.34. The minimum atomic E-state index is -3.46. The summed E-state index contributed by atoms with van der Waals surface area (Å²) in [5.74, 6) is 0.471. The molecule has 6 heterocycles. The molecule has 0 bridgehead atoms. The first-order valence-corrected chi connectivity index (χ1v) is 20.3. The van der Waals surface area contributed by atoms with Crippen LogP contribution in [0.3, 0.4) is 0 Å². The van der Waals surface area contributed by atoms with E-state index in [2.05, 4.69) is 83.2 Å². The van der Waals surface area contributed by atoms with Gasteiger partial charge < -0.3 is 30.7 Å². The third-order valence-electron chi connectivity index (χ3n) is 8.72. The van der Waals surface area contributed by atoms with E-state index in [-0.39, 0.29) is 10.7 Å². The van der Waals surface area contributed by atoms with Crippen LogP contribution in [0, 0.1) is 0 Å². The molecule has 5 N–H and O–H groups in total. The molecule has 0 atom stereocenters. The summed E-state index contributed by atoms with van der Waals surface area (Å²) < 4.78 is 23.3. The lowest BCUT2D eigenvalue weighted by Crippen LogP contribution is -2.44. The fraction of sp³-hybridized carbons (Fsp3) is 0.314. The van der Waals surface area contributed by atoms with Crippen molar-refractivity contribution in [1.82, 2.24) is 29.7 Å². The molecule has 17 heteroatoms. The Bertz CT molecular complexity index is 2320. The van der Waals surface area contributed by atoms with E-state index in [1.54, 1.807) is 11.4 Å². The van der Waals surface area contributed by atoms with Gasteiger partial charge in [-0.1, -0.05) is 0 Å². The second-order valence-electron chi connectivity index (χ2n) is 12.7. The summed E-state index contributed by atoms with van der Waals surface area (Å²) in [7, 11) is 0.865. The summed E-state index contributed by atoms with van der Waals surface area (Å²) in [4.78, 5) is 46.1. The van der Waals surface area contributed by atoms with Crippen molar-refractivity contribution < 1.29 is 8.42 Å². The van der Waals surface area contributed by atoms with E-state index in [0.717, 1.165) is 75.5 Å². The van der Waals surface area contributed by atoms with E-state index in [1.807, 2.05) is 35.7 Å². The molecule has 52 heavy (non-hydrogen) atoms. The number of hydrogen-bond donors (Lipinski definition) is 4. The lowest BCUT2D eigenvalue weighted by Gasteiger charge is -2.34. The second-order valence-corrected chi connectivity index (χ2v) is 16.4. The minimum absolute atomic E-state index is 0.105. The number of nitrogens with two attached hydrogens (primary N) is 1. The van der Waals surface area contributed by atoms with Gasteiger partial charge in [-0.25, -0.2) is 18.4 Å². The minimum Gasteiger partial charge on any atom is -0.399 e. The molecule has 2 fully saturated rings. The number of piperazine rings is 2. The van der Waals surface area contributed by atoms with Crippen LogP contribution in [-0.2, 0) is 9.84 Å². The number of H-pyrrole nitrogens is 2. The van der Waals surface area contributed by atoms with Crippen LogP contribution in [0.5, 0.6) is 0 Å². The standard InChI is InChI=1S/C17H19N5OS.C11H17N3.C7H6N2O3S2/c1-21-7-9-22(10-8-21)13-4-2-12(3-5-13)18-17-19-14-6-11-24-15(14)16(23)20-17;1-13-6-8-14(9-7-13)11-4-2-10(12)3-5-11;1-14(11,12)7-8-4-2-3-13-5(4)6(10)9-7/h2-6,11H,7-10H2,1H3,(H2,18,19,20,23);2-5H,6-9,12H2,1H3;2-3H,1H3,(H,8,9,10). The predicted molar refractivity (Wildman–Crippen MR) is 214 cm³/mol. The second kappa shape index (κ2) is 16.2. The molecule has 14 nitrogen and oxygen atoms in total. The number of aromatic nitrogens is 4. The molecule has 2 aromatic carbocycles. The lowest BCUT2D eigenvalue weighted by atomic mass is 10.2. The number of nitrogen functional groups attached to an aromatic ring is 1. The van der Waals surface area contributed by atoms with Crippen molar-refractivity contribution in [2.24, 2.45) is 0 Å². The van der Waals surface area contributed by atoms with Gasteiger partial charge in [0.2, 0.25) is 20.9 Å². The predicted octanol–water partition coefficient (Wildman–Crippen LogP) is 3.89. The Hall–Kier alpha value is -4.81. The SMILES string of the molecule is CN1CCN(c2ccc(N)cc2)CC1.CN1CCN(c2ccc(Nc3nc4ccsc4c(=O)[nH]3)cc2)CC1.CS(=O)(=O)c1nc2ccsc2c(=O)[nH]1. The maximum absolute atomic E-state index is 12.0. The van der Waals surface area contributed by atoms with E-state index in [4.69, 9.17) is 5.73 Å². The number of aromatic amines is 2. The quantitative estimate of drug-likeness (QED) is 0.148. The third-order valence-corrected chi connectivity index (χ3v) is 11.4. The number of nitrogens with one attached hydrogen (secondary N) is 3. The van der Waals surface area contributed by atoms with Gasteiger partial charge in [-0.05, 0) is 85.5 Å². The van der Waals surface area contributed by atoms with Gasteiger partial charge in [-0.3, -0.25) is 19.6 Å². The number of benzene rings is 2. The van der Waals surface area contributed by atoms with Crippen molar-refractivity contribution in [2.75, 3.05) is 93.6 Å². The van der Waals surface area contributed by atoms with Crippen LogP contribution in [-0.4, -0.2) is 111 Å². The molecule has 4 aromatic heterocycles. The number of anilines is 5. The summed E-state index contributed by atoms with van der Waals surface area (Å²) in [5.41, 5.74) is 10.5.